The average Bonchev–Trinajstić information content (AvgIpc) is 2.44. The number of hydrogen-bond acceptors (Lipinski definition) is 2. The molecule has 2 N–H and O–H groups in total. The van der Waals surface area contributed by atoms with Crippen molar-refractivity contribution in [3.05, 3.63) is 59.7 Å². The molecule has 0 atom stereocenters. The highest BCUT2D eigenvalue weighted by molar-refractivity contribution is 5.94. The molecule has 102 valence electrons. The van der Waals surface area contributed by atoms with Crippen LogP contribution in [0, 0.1) is 0 Å². The second kappa shape index (κ2) is 4.89. The lowest BCUT2D eigenvalue weighted by Crippen LogP contribution is -2.44. The Bertz CT molecular complexity index is 654. The number of rotatable bonds is 2. The molecule has 1 heterocycles. The van der Waals surface area contributed by atoms with Gasteiger partial charge < -0.3 is 10.6 Å². The van der Waals surface area contributed by atoms with Crippen LogP contribution in [0.1, 0.15) is 11.1 Å². The number of benzene rings is 2. The minimum atomic E-state index is 0.0196. The molecule has 20 heavy (non-hydrogen) atoms. The molecule has 0 fully saturated rings. The molecule has 0 saturated carbocycles. The van der Waals surface area contributed by atoms with Crippen molar-refractivity contribution in [3.63, 3.8) is 0 Å². The Labute approximate surface area is 118 Å². The molecule has 4 heteroatoms. The second-order valence-corrected chi connectivity index (χ2v) is 5.10. The summed E-state index contributed by atoms with van der Waals surface area (Å²) in [5, 5.41) is 0. The van der Waals surface area contributed by atoms with E-state index in [0.29, 0.717) is 18.8 Å². The van der Waals surface area contributed by atoms with Crippen LogP contribution < -0.4 is 10.6 Å². The van der Waals surface area contributed by atoms with Gasteiger partial charge in [-0.25, -0.2) is 4.79 Å². The number of carbonyl (C=O) groups excluding carboxylic acids is 1. The minimum absolute atomic E-state index is 0.0196. The van der Waals surface area contributed by atoms with Crippen LogP contribution in [0.15, 0.2) is 48.5 Å². The molecule has 2 aromatic carbocycles. The van der Waals surface area contributed by atoms with Gasteiger partial charge in [-0.15, -0.1) is 0 Å². The summed E-state index contributed by atoms with van der Waals surface area (Å²) in [6, 6.07) is 15.7. The van der Waals surface area contributed by atoms with Crippen molar-refractivity contribution in [2.75, 3.05) is 17.7 Å². The number of para-hydroxylation sites is 1. The van der Waals surface area contributed by atoms with E-state index in [4.69, 9.17) is 5.73 Å². The first-order valence-corrected chi connectivity index (χ1v) is 6.60. The Morgan fingerprint density at radius 3 is 2.75 bits per heavy atom. The van der Waals surface area contributed by atoms with E-state index in [-0.39, 0.29) is 6.03 Å². The van der Waals surface area contributed by atoms with E-state index in [0.717, 1.165) is 11.3 Å². The Kier molecular flexibility index (Phi) is 3.06. The smallest absolute Gasteiger partial charge is 0.324 e. The third-order valence-electron chi connectivity index (χ3n) is 3.54. The van der Waals surface area contributed by atoms with E-state index in [1.807, 2.05) is 49.5 Å². The lowest BCUT2D eigenvalue weighted by molar-refractivity contribution is 0.210. The van der Waals surface area contributed by atoms with Gasteiger partial charge in [-0.2, -0.15) is 0 Å². The zero-order chi connectivity index (χ0) is 14.1. The number of hydrogen-bond donors (Lipinski definition) is 1. The van der Waals surface area contributed by atoms with Gasteiger partial charge in [0.05, 0.1) is 12.2 Å². The quantitative estimate of drug-likeness (QED) is 0.851. The first-order chi connectivity index (χ1) is 9.65. The van der Waals surface area contributed by atoms with Gasteiger partial charge in [-0.3, -0.25) is 4.90 Å². The van der Waals surface area contributed by atoms with Crippen molar-refractivity contribution in [3.8, 4) is 0 Å². The summed E-state index contributed by atoms with van der Waals surface area (Å²) in [7, 11) is 1.82. The number of nitrogens with two attached hydrogens (primary N) is 1. The van der Waals surface area contributed by atoms with E-state index < -0.39 is 0 Å². The normalized spacial score (nSPS) is 14.3. The molecule has 2 aromatic rings. The number of carbonyl (C=O) groups is 1. The molecule has 2 amide bonds. The van der Waals surface area contributed by atoms with E-state index in [2.05, 4.69) is 6.07 Å². The summed E-state index contributed by atoms with van der Waals surface area (Å²) in [4.78, 5) is 15.9. The third-order valence-corrected chi connectivity index (χ3v) is 3.54. The summed E-state index contributed by atoms with van der Waals surface area (Å²) in [6.07, 6.45) is 0. The van der Waals surface area contributed by atoms with E-state index in [1.54, 1.807) is 9.80 Å². The highest BCUT2D eigenvalue weighted by atomic mass is 16.2. The van der Waals surface area contributed by atoms with Crippen molar-refractivity contribution in [1.82, 2.24) is 4.90 Å². The van der Waals surface area contributed by atoms with E-state index in [1.165, 1.54) is 5.56 Å². The van der Waals surface area contributed by atoms with Crippen molar-refractivity contribution >= 4 is 17.4 Å². The lowest BCUT2D eigenvalue weighted by atomic mass is 10.1. The zero-order valence-electron chi connectivity index (χ0n) is 11.4. The van der Waals surface area contributed by atoms with Crippen LogP contribution in [-0.2, 0) is 13.1 Å². The van der Waals surface area contributed by atoms with Crippen LogP contribution in [-0.4, -0.2) is 18.0 Å². The number of nitrogens with zero attached hydrogens (tertiary/aromatic N) is 2. The van der Waals surface area contributed by atoms with Gasteiger partial charge in [0.2, 0.25) is 0 Å². The molecular weight excluding hydrogens is 250 g/mol. The van der Waals surface area contributed by atoms with Crippen LogP contribution >= 0.6 is 0 Å². The molecule has 1 aliphatic rings. The monoisotopic (exact) mass is 267 g/mol. The SMILES string of the molecule is CN1Cc2ccccc2N(Cc2cccc(N)c2)C1=O. The zero-order valence-corrected chi connectivity index (χ0v) is 11.4. The molecule has 0 unspecified atom stereocenters. The molecule has 4 nitrogen and oxygen atoms in total. The predicted octanol–water partition coefficient (Wildman–Crippen LogP) is 2.84. The maximum Gasteiger partial charge on any atom is 0.324 e. The molecule has 0 aromatic heterocycles. The lowest BCUT2D eigenvalue weighted by Gasteiger charge is -2.35. The molecule has 0 radical (unpaired) electrons. The molecule has 3 rings (SSSR count). The Hall–Kier alpha value is -2.49. The van der Waals surface area contributed by atoms with Gasteiger partial charge in [0.1, 0.15) is 0 Å². The first kappa shape index (κ1) is 12.5. The van der Waals surface area contributed by atoms with Gasteiger partial charge in [-0.1, -0.05) is 30.3 Å². The maximum atomic E-state index is 12.4. The van der Waals surface area contributed by atoms with Crippen LogP contribution in [0.3, 0.4) is 0 Å². The molecule has 0 spiro atoms. The fourth-order valence-corrected chi connectivity index (χ4v) is 2.57. The maximum absolute atomic E-state index is 12.4. The van der Waals surface area contributed by atoms with Gasteiger partial charge in [0.15, 0.2) is 0 Å². The van der Waals surface area contributed by atoms with Crippen molar-refractivity contribution in [2.24, 2.45) is 0 Å². The largest absolute Gasteiger partial charge is 0.399 e. The summed E-state index contributed by atoms with van der Waals surface area (Å²) in [5.41, 5.74) is 9.70. The number of anilines is 2. The van der Waals surface area contributed by atoms with Gasteiger partial charge in [0, 0.05) is 19.3 Å². The number of nitrogen functional groups attached to an aromatic ring is 1. The van der Waals surface area contributed by atoms with Gasteiger partial charge in [0.25, 0.3) is 0 Å². The fourth-order valence-electron chi connectivity index (χ4n) is 2.57. The summed E-state index contributed by atoms with van der Waals surface area (Å²) in [6.45, 7) is 1.19. The molecular formula is C16H17N3O. The Morgan fingerprint density at radius 2 is 1.95 bits per heavy atom. The van der Waals surface area contributed by atoms with Crippen LogP contribution in [0.2, 0.25) is 0 Å². The summed E-state index contributed by atoms with van der Waals surface area (Å²) < 4.78 is 0. The highest BCUT2D eigenvalue weighted by Gasteiger charge is 2.27. The Balaban J connectivity index is 1.97. The van der Waals surface area contributed by atoms with Crippen LogP contribution in [0.25, 0.3) is 0 Å². The van der Waals surface area contributed by atoms with Crippen molar-refractivity contribution in [2.45, 2.75) is 13.1 Å². The molecule has 1 aliphatic heterocycles. The molecule has 0 bridgehead atoms. The van der Waals surface area contributed by atoms with Crippen molar-refractivity contribution < 1.29 is 4.79 Å². The standard InChI is InChI=1S/C16H17N3O/c1-18-11-13-6-2-3-8-15(13)19(16(18)20)10-12-5-4-7-14(17)9-12/h2-9H,10-11,17H2,1H3. The predicted molar refractivity (Wildman–Crippen MR) is 80.3 cm³/mol. The van der Waals surface area contributed by atoms with E-state index in [9.17, 15) is 4.79 Å². The molecule has 0 saturated heterocycles. The van der Waals surface area contributed by atoms with Gasteiger partial charge in [-0.05, 0) is 29.3 Å². The average molecular weight is 267 g/mol. The van der Waals surface area contributed by atoms with Crippen molar-refractivity contribution in [1.29, 1.82) is 0 Å². The van der Waals surface area contributed by atoms with Crippen LogP contribution in [0.4, 0.5) is 16.2 Å². The molecule has 0 aliphatic carbocycles. The minimum Gasteiger partial charge on any atom is -0.399 e. The Morgan fingerprint density at radius 1 is 1.15 bits per heavy atom. The summed E-state index contributed by atoms with van der Waals surface area (Å²) in [5.74, 6) is 0. The number of urea groups is 1. The first-order valence-electron chi connectivity index (χ1n) is 6.60. The highest BCUT2D eigenvalue weighted by Crippen LogP contribution is 2.29. The second-order valence-electron chi connectivity index (χ2n) is 5.10. The third kappa shape index (κ3) is 2.20. The topological polar surface area (TPSA) is 49.6 Å². The van der Waals surface area contributed by atoms with Crippen LogP contribution in [0.5, 0.6) is 0 Å². The number of fused-ring (bicyclic) bond motifs is 1. The van der Waals surface area contributed by atoms with Gasteiger partial charge >= 0.3 is 6.03 Å². The fraction of sp³-hybridized carbons (Fsp3) is 0.188. The summed E-state index contributed by atoms with van der Waals surface area (Å²) >= 11 is 0. The van der Waals surface area contributed by atoms with E-state index >= 15 is 0 Å². The number of amides is 2.